The molecule has 2 aromatic heterocycles. The van der Waals surface area contributed by atoms with Crippen LogP contribution < -0.4 is 10.6 Å². The number of pyridine rings is 1. The average molecular weight is 395 g/mol. The first kappa shape index (κ1) is 19.2. The van der Waals surface area contributed by atoms with Crippen molar-refractivity contribution in [2.75, 3.05) is 39.4 Å². The van der Waals surface area contributed by atoms with Crippen molar-refractivity contribution in [3.05, 3.63) is 41.6 Å². The number of alkyl halides is 3. The third kappa shape index (κ3) is 4.00. The lowest BCUT2D eigenvalue weighted by molar-refractivity contribution is -0.137. The fourth-order valence-corrected chi connectivity index (χ4v) is 3.34. The van der Waals surface area contributed by atoms with E-state index in [2.05, 4.69) is 25.6 Å². The second-order valence-electron chi connectivity index (χ2n) is 6.58. The highest BCUT2D eigenvalue weighted by Gasteiger charge is 2.36. The van der Waals surface area contributed by atoms with Crippen LogP contribution in [0.25, 0.3) is 11.3 Å². The number of nitrogens with zero attached hydrogens (tertiary/aromatic N) is 3. The molecule has 0 spiro atoms. The standard InChI is InChI=1S/C18H20F3N5O2/c19-18(20,21)13-1-2-22-7-11(13)16-12(14-9-23-3-5-27-14)8-25-17(26-16)15-10-24-4-6-28-15/h1-2,7-8,14-15,23-24H,3-6,9-10H2. The van der Waals surface area contributed by atoms with Crippen LogP contribution in [0.4, 0.5) is 13.2 Å². The smallest absolute Gasteiger partial charge is 0.371 e. The normalized spacial score (nSPS) is 23.5. The molecule has 2 aliphatic heterocycles. The van der Waals surface area contributed by atoms with Crippen LogP contribution in [-0.4, -0.2) is 54.3 Å². The molecule has 28 heavy (non-hydrogen) atoms. The first-order chi connectivity index (χ1) is 13.5. The molecule has 2 unspecified atom stereocenters. The Balaban J connectivity index is 1.82. The van der Waals surface area contributed by atoms with Crippen molar-refractivity contribution in [2.24, 2.45) is 0 Å². The predicted octanol–water partition coefficient (Wildman–Crippen LogP) is 1.88. The molecule has 0 aliphatic carbocycles. The molecule has 2 atom stereocenters. The lowest BCUT2D eigenvalue weighted by atomic mass is 9.99. The van der Waals surface area contributed by atoms with Gasteiger partial charge in [0, 0.05) is 55.9 Å². The summed E-state index contributed by atoms with van der Waals surface area (Å²) < 4.78 is 52.3. The number of ether oxygens (including phenoxy) is 2. The van der Waals surface area contributed by atoms with E-state index in [0.717, 1.165) is 12.3 Å². The summed E-state index contributed by atoms with van der Waals surface area (Å²) in [5.41, 5.74) is -0.210. The number of rotatable bonds is 3. The van der Waals surface area contributed by atoms with Crippen LogP contribution >= 0.6 is 0 Å². The molecule has 150 valence electrons. The maximum Gasteiger partial charge on any atom is 0.417 e. The largest absolute Gasteiger partial charge is 0.417 e. The molecule has 10 heteroatoms. The van der Waals surface area contributed by atoms with E-state index in [1.807, 2.05) is 0 Å². The Morgan fingerprint density at radius 2 is 1.71 bits per heavy atom. The number of halogens is 3. The highest BCUT2D eigenvalue weighted by atomic mass is 19.4. The van der Waals surface area contributed by atoms with Gasteiger partial charge in [-0.1, -0.05) is 0 Å². The zero-order valence-electron chi connectivity index (χ0n) is 15.0. The summed E-state index contributed by atoms with van der Waals surface area (Å²) in [7, 11) is 0. The summed E-state index contributed by atoms with van der Waals surface area (Å²) in [4.78, 5) is 12.8. The maximum absolute atomic E-state index is 13.6. The molecule has 2 aromatic rings. The molecule has 0 radical (unpaired) electrons. The van der Waals surface area contributed by atoms with E-state index >= 15 is 0 Å². The van der Waals surface area contributed by atoms with Gasteiger partial charge >= 0.3 is 6.18 Å². The molecule has 2 N–H and O–H groups in total. The van der Waals surface area contributed by atoms with Crippen molar-refractivity contribution < 1.29 is 22.6 Å². The number of aromatic nitrogens is 3. The predicted molar refractivity (Wildman–Crippen MR) is 93.4 cm³/mol. The quantitative estimate of drug-likeness (QED) is 0.821. The van der Waals surface area contributed by atoms with Crippen LogP contribution in [0.2, 0.25) is 0 Å². The van der Waals surface area contributed by atoms with Crippen molar-refractivity contribution in [3.8, 4) is 11.3 Å². The number of nitrogens with one attached hydrogen (secondary N) is 2. The molecule has 2 fully saturated rings. The molecule has 0 aromatic carbocycles. The maximum atomic E-state index is 13.6. The fourth-order valence-electron chi connectivity index (χ4n) is 3.34. The highest BCUT2D eigenvalue weighted by Crippen LogP contribution is 2.39. The van der Waals surface area contributed by atoms with E-state index < -0.39 is 23.9 Å². The van der Waals surface area contributed by atoms with Crippen LogP contribution in [0.3, 0.4) is 0 Å². The molecule has 2 aliphatic rings. The zero-order valence-corrected chi connectivity index (χ0v) is 15.0. The van der Waals surface area contributed by atoms with Crippen molar-refractivity contribution in [3.63, 3.8) is 0 Å². The Morgan fingerprint density at radius 1 is 1.00 bits per heavy atom. The minimum Gasteiger partial charge on any atom is -0.371 e. The average Bonchev–Trinajstić information content (AvgIpc) is 2.74. The Kier molecular flexibility index (Phi) is 5.54. The lowest BCUT2D eigenvalue weighted by Gasteiger charge is -2.27. The van der Waals surface area contributed by atoms with Crippen LogP contribution in [-0.2, 0) is 15.7 Å². The summed E-state index contributed by atoms with van der Waals surface area (Å²) in [6.45, 7) is 3.32. The number of hydrogen-bond acceptors (Lipinski definition) is 7. The second kappa shape index (κ2) is 8.08. The van der Waals surface area contributed by atoms with E-state index in [9.17, 15) is 13.2 Å². The summed E-state index contributed by atoms with van der Waals surface area (Å²) in [5.74, 6) is 0.340. The van der Waals surface area contributed by atoms with E-state index in [1.165, 1.54) is 6.20 Å². The molecular weight excluding hydrogens is 375 g/mol. The molecular formula is C18H20F3N5O2. The van der Waals surface area contributed by atoms with Gasteiger partial charge < -0.3 is 20.1 Å². The van der Waals surface area contributed by atoms with E-state index in [0.29, 0.717) is 50.8 Å². The van der Waals surface area contributed by atoms with Gasteiger partial charge in [-0.15, -0.1) is 0 Å². The van der Waals surface area contributed by atoms with Crippen molar-refractivity contribution in [1.29, 1.82) is 0 Å². The zero-order chi connectivity index (χ0) is 19.6. The molecule has 4 rings (SSSR count). The molecule has 0 saturated carbocycles. The van der Waals surface area contributed by atoms with Gasteiger partial charge in [0.25, 0.3) is 0 Å². The highest BCUT2D eigenvalue weighted by molar-refractivity contribution is 5.67. The topological polar surface area (TPSA) is 81.2 Å². The van der Waals surface area contributed by atoms with Crippen LogP contribution in [0, 0.1) is 0 Å². The number of morpholine rings is 2. The van der Waals surface area contributed by atoms with Gasteiger partial charge in [-0.25, -0.2) is 9.97 Å². The second-order valence-corrected chi connectivity index (χ2v) is 6.58. The van der Waals surface area contributed by atoms with E-state index in [1.54, 1.807) is 6.20 Å². The minimum absolute atomic E-state index is 0.0911. The minimum atomic E-state index is -4.53. The van der Waals surface area contributed by atoms with Gasteiger partial charge in [0.05, 0.1) is 30.6 Å². The molecule has 7 nitrogen and oxygen atoms in total. The SMILES string of the molecule is FC(F)(F)c1ccncc1-c1nc(C2CNCCO2)ncc1C1CNCCO1. The van der Waals surface area contributed by atoms with Gasteiger partial charge in [0.15, 0.2) is 5.82 Å². The summed E-state index contributed by atoms with van der Waals surface area (Å²) >= 11 is 0. The third-order valence-corrected chi connectivity index (χ3v) is 4.71. The molecule has 0 amide bonds. The Bertz CT molecular complexity index is 821. The Hall–Kier alpha value is -2.14. The first-order valence-corrected chi connectivity index (χ1v) is 9.07. The first-order valence-electron chi connectivity index (χ1n) is 9.07. The van der Waals surface area contributed by atoms with Gasteiger partial charge in [-0.05, 0) is 6.07 Å². The van der Waals surface area contributed by atoms with Crippen molar-refractivity contribution in [2.45, 2.75) is 18.4 Å². The summed E-state index contributed by atoms with van der Waals surface area (Å²) in [6.07, 6.45) is -1.53. The third-order valence-electron chi connectivity index (χ3n) is 4.71. The van der Waals surface area contributed by atoms with Crippen molar-refractivity contribution >= 4 is 0 Å². The Labute approximate surface area is 159 Å². The summed E-state index contributed by atoms with van der Waals surface area (Å²) in [6, 6.07) is 0.958. The van der Waals surface area contributed by atoms with E-state index in [4.69, 9.17) is 9.47 Å². The molecule has 4 heterocycles. The summed E-state index contributed by atoms with van der Waals surface area (Å²) in [5, 5.41) is 6.36. The van der Waals surface area contributed by atoms with Gasteiger partial charge in [0.2, 0.25) is 0 Å². The van der Waals surface area contributed by atoms with Gasteiger partial charge in [-0.3, -0.25) is 4.98 Å². The molecule has 2 saturated heterocycles. The van der Waals surface area contributed by atoms with Crippen LogP contribution in [0.1, 0.15) is 29.2 Å². The Morgan fingerprint density at radius 3 is 2.36 bits per heavy atom. The van der Waals surface area contributed by atoms with Gasteiger partial charge in [0.1, 0.15) is 6.10 Å². The van der Waals surface area contributed by atoms with E-state index in [-0.39, 0.29) is 11.3 Å². The molecule has 0 bridgehead atoms. The van der Waals surface area contributed by atoms with Crippen molar-refractivity contribution in [1.82, 2.24) is 25.6 Å². The lowest BCUT2D eigenvalue weighted by Crippen LogP contribution is -2.35. The monoisotopic (exact) mass is 395 g/mol. The van der Waals surface area contributed by atoms with Crippen LogP contribution in [0.5, 0.6) is 0 Å². The van der Waals surface area contributed by atoms with Crippen LogP contribution in [0.15, 0.2) is 24.7 Å². The number of hydrogen-bond donors (Lipinski definition) is 2. The fraction of sp³-hybridized carbons (Fsp3) is 0.500. The van der Waals surface area contributed by atoms with Gasteiger partial charge in [-0.2, -0.15) is 13.2 Å².